The Kier molecular flexibility index (Phi) is 3.13. The molecule has 0 fully saturated rings. The molecule has 1 aromatic carbocycles. The molecule has 4 heteroatoms. The third-order valence-corrected chi connectivity index (χ3v) is 2.69. The average Bonchev–Trinajstić information content (AvgIpc) is 2.78. The van der Waals surface area contributed by atoms with Gasteiger partial charge in [0.2, 0.25) is 0 Å². The zero-order valence-electron chi connectivity index (χ0n) is 10.7. The highest BCUT2D eigenvalue weighted by Crippen LogP contribution is 2.20. The lowest BCUT2D eigenvalue weighted by molar-refractivity contribution is 0.781. The van der Waals surface area contributed by atoms with Crippen LogP contribution in [0.5, 0.6) is 0 Å². The SMILES string of the molecule is CC(C)c1nc(-c2ccc(N(C)C)cc2)n[nH]1. The Hall–Kier alpha value is -1.84. The van der Waals surface area contributed by atoms with Gasteiger partial charge in [-0.2, -0.15) is 5.10 Å². The van der Waals surface area contributed by atoms with Gasteiger partial charge < -0.3 is 4.90 Å². The van der Waals surface area contributed by atoms with E-state index in [0.717, 1.165) is 17.2 Å². The Bertz CT molecular complexity index is 482. The standard InChI is InChI=1S/C13H18N4/c1-9(2)12-14-13(16-15-12)10-5-7-11(8-6-10)17(3)4/h5-9H,1-4H3,(H,14,15,16). The third kappa shape index (κ3) is 2.46. The molecule has 0 aliphatic carbocycles. The molecule has 0 amide bonds. The van der Waals surface area contributed by atoms with Gasteiger partial charge in [0.1, 0.15) is 5.82 Å². The number of nitrogens with one attached hydrogen (secondary N) is 1. The normalized spacial score (nSPS) is 10.9. The van der Waals surface area contributed by atoms with Crippen LogP contribution in [0.15, 0.2) is 24.3 Å². The number of aromatic nitrogens is 3. The van der Waals surface area contributed by atoms with Crippen LogP contribution in [0.25, 0.3) is 11.4 Å². The summed E-state index contributed by atoms with van der Waals surface area (Å²) in [5.74, 6) is 2.06. The van der Waals surface area contributed by atoms with Crippen LogP contribution in [0.2, 0.25) is 0 Å². The van der Waals surface area contributed by atoms with E-state index < -0.39 is 0 Å². The second-order valence-electron chi connectivity index (χ2n) is 4.64. The fourth-order valence-electron chi connectivity index (χ4n) is 1.57. The summed E-state index contributed by atoms with van der Waals surface area (Å²) in [6.07, 6.45) is 0. The monoisotopic (exact) mass is 230 g/mol. The van der Waals surface area contributed by atoms with Crippen molar-refractivity contribution in [2.45, 2.75) is 19.8 Å². The predicted octanol–water partition coefficient (Wildman–Crippen LogP) is 2.66. The van der Waals surface area contributed by atoms with Crippen LogP contribution in [0.3, 0.4) is 0 Å². The molecule has 1 heterocycles. The minimum atomic E-state index is 0.372. The molecule has 0 spiro atoms. The molecule has 0 unspecified atom stereocenters. The van der Waals surface area contributed by atoms with E-state index in [4.69, 9.17) is 0 Å². The van der Waals surface area contributed by atoms with Crippen LogP contribution in [-0.2, 0) is 0 Å². The van der Waals surface area contributed by atoms with Crippen LogP contribution in [0, 0.1) is 0 Å². The molecule has 0 aliphatic rings. The molecule has 0 saturated heterocycles. The molecule has 2 rings (SSSR count). The molecule has 17 heavy (non-hydrogen) atoms. The quantitative estimate of drug-likeness (QED) is 0.881. The van der Waals surface area contributed by atoms with Crippen molar-refractivity contribution < 1.29 is 0 Å². The number of anilines is 1. The number of benzene rings is 1. The average molecular weight is 230 g/mol. The summed E-state index contributed by atoms with van der Waals surface area (Å²) in [5.41, 5.74) is 2.21. The van der Waals surface area contributed by atoms with Crippen LogP contribution in [0.4, 0.5) is 5.69 Å². The molecule has 4 nitrogen and oxygen atoms in total. The van der Waals surface area contributed by atoms with Gasteiger partial charge in [-0.15, -0.1) is 0 Å². The first kappa shape index (κ1) is 11.6. The summed E-state index contributed by atoms with van der Waals surface area (Å²) < 4.78 is 0. The van der Waals surface area contributed by atoms with E-state index in [2.05, 4.69) is 46.1 Å². The van der Waals surface area contributed by atoms with Crippen molar-refractivity contribution in [3.63, 3.8) is 0 Å². The first-order valence-electron chi connectivity index (χ1n) is 5.78. The maximum absolute atomic E-state index is 4.47. The van der Waals surface area contributed by atoms with Gasteiger partial charge in [0.25, 0.3) is 0 Å². The second-order valence-corrected chi connectivity index (χ2v) is 4.64. The number of hydrogen-bond acceptors (Lipinski definition) is 3. The van der Waals surface area contributed by atoms with Crippen molar-refractivity contribution >= 4 is 5.69 Å². The third-order valence-electron chi connectivity index (χ3n) is 2.69. The highest BCUT2D eigenvalue weighted by molar-refractivity contribution is 5.59. The Balaban J connectivity index is 2.27. The van der Waals surface area contributed by atoms with Crippen LogP contribution >= 0.6 is 0 Å². The first-order chi connectivity index (χ1) is 8.08. The lowest BCUT2D eigenvalue weighted by Crippen LogP contribution is -2.07. The van der Waals surface area contributed by atoms with Crippen LogP contribution < -0.4 is 4.90 Å². The van der Waals surface area contributed by atoms with Gasteiger partial charge in [-0.05, 0) is 24.3 Å². The number of nitrogens with zero attached hydrogens (tertiary/aromatic N) is 3. The maximum atomic E-state index is 4.47. The maximum Gasteiger partial charge on any atom is 0.181 e. The summed E-state index contributed by atoms with van der Waals surface area (Å²) in [4.78, 5) is 6.54. The second kappa shape index (κ2) is 4.57. The highest BCUT2D eigenvalue weighted by Gasteiger charge is 2.08. The zero-order chi connectivity index (χ0) is 12.4. The van der Waals surface area contributed by atoms with Gasteiger partial charge in [-0.25, -0.2) is 4.98 Å². The van der Waals surface area contributed by atoms with Crippen molar-refractivity contribution in [3.8, 4) is 11.4 Å². The smallest absolute Gasteiger partial charge is 0.181 e. The van der Waals surface area contributed by atoms with Crippen LogP contribution in [-0.4, -0.2) is 29.3 Å². The molecule has 0 bridgehead atoms. The minimum absolute atomic E-state index is 0.372. The number of H-pyrrole nitrogens is 1. The summed E-state index contributed by atoms with van der Waals surface area (Å²) in [6.45, 7) is 4.19. The van der Waals surface area contributed by atoms with E-state index in [0.29, 0.717) is 5.92 Å². The summed E-state index contributed by atoms with van der Waals surface area (Å²) in [7, 11) is 4.05. The molecule has 2 aromatic rings. The number of rotatable bonds is 3. The molecule has 0 aliphatic heterocycles. The lowest BCUT2D eigenvalue weighted by Gasteiger charge is -2.11. The fourth-order valence-corrected chi connectivity index (χ4v) is 1.57. The molecule has 1 N–H and O–H groups in total. The van der Waals surface area contributed by atoms with E-state index in [1.807, 2.05) is 26.2 Å². The molecule has 0 radical (unpaired) electrons. The van der Waals surface area contributed by atoms with Crippen molar-refractivity contribution in [1.82, 2.24) is 15.2 Å². The minimum Gasteiger partial charge on any atom is -0.378 e. The topological polar surface area (TPSA) is 44.8 Å². The largest absolute Gasteiger partial charge is 0.378 e. The lowest BCUT2D eigenvalue weighted by atomic mass is 10.2. The van der Waals surface area contributed by atoms with Crippen molar-refractivity contribution in [3.05, 3.63) is 30.1 Å². The summed E-state index contributed by atoms with van der Waals surface area (Å²) in [6, 6.07) is 8.23. The van der Waals surface area contributed by atoms with Crippen molar-refractivity contribution in [2.75, 3.05) is 19.0 Å². The van der Waals surface area contributed by atoms with Gasteiger partial charge in [0.05, 0.1) is 0 Å². The van der Waals surface area contributed by atoms with Crippen LogP contribution in [0.1, 0.15) is 25.6 Å². The molecule has 90 valence electrons. The van der Waals surface area contributed by atoms with E-state index in [1.54, 1.807) is 0 Å². The zero-order valence-corrected chi connectivity index (χ0v) is 10.7. The summed E-state index contributed by atoms with van der Waals surface area (Å²) in [5, 5.41) is 7.20. The Morgan fingerprint density at radius 2 is 1.76 bits per heavy atom. The van der Waals surface area contributed by atoms with Gasteiger partial charge in [-0.1, -0.05) is 13.8 Å². The molecule has 0 atom stereocenters. The number of hydrogen-bond donors (Lipinski definition) is 1. The van der Waals surface area contributed by atoms with Gasteiger partial charge in [0.15, 0.2) is 5.82 Å². The molecular weight excluding hydrogens is 212 g/mol. The summed E-state index contributed by atoms with van der Waals surface area (Å²) >= 11 is 0. The van der Waals surface area contributed by atoms with E-state index in [1.165, 1.54) is 5.69 Å². The Labute approximate surface area is 102 Å². The van der Waals surface area contributed by atoms with Crippen molar-refractivity contribution in [2.24, 2.45) is 0 Å². The molecular formula is C13H18N4. The first-order valence-corrected chi connectivity index (χ1v) is 5.78. The fraction of sp³-hybridized carbons (Fsp3) is 0.385. The van der Waals surface area contributed by atoms with E-state index in [-0.39, 0.29) is 0 Å². The van der Waals surface area contributed by atoms with Gasteiger partial charge in [-0.3, -0.25) is 5.10 Å². The van der Waals surface area contributed by atoms with Crippen molar-refractivity contribution in [1.29, 1.82) is 0 Å². The van der Waals surface area contributed by atoms with E-state index >= 15 is 0 Å². The number of aromatic amines is 1. The van der Waals surface area contributed by atoms with E-state index in [9.17, 15) is 0 Å². The Morgan fingerprint density at radius 3 is 2.24 bits per heavy atom. The highest BCUT2D eigenvalue weighted by atomic mass is 15.2. The predicted molar refractivity (Wildman–Crippen MR) is 70.2 cm³/mol. The molecule has 1 aromatic heterocycles. The van der Waals surface area contributed by atoms with Gasteiger partial charge in [0, 0.05) is 31.3 Å². The Morgan fingerprint density at radius 1 is 1.12 bits per heavy atom. The molecule has 0 saturated carbocycles. The van der Waals surface area contributed by atoms with Gasteiger partial charge >= 0.3 is 0 Å².